The first-order chi connectivity index (χ1) is 21.0. The lowest BCUT2D eigenvalue weighted by Crippen LogP contribution is -2.52. The Kier molecular flexibility index (Phi) is 13.8. The molecular formula is C30H44N4O10. The van der Waals surface area contributed by atoms with E-state index in [2.05, 4.69) is 16.0 Å². The third kappa shape index (κ3) is 11.7. The Morgan fingerprint density at radius 2 is 1.57 bits per heavy atom. The molecule has 44 heavy (non-hydrogen) atoms. The van der Waals surface area contributed by atoms with Gasteiger partial charge in [0.1, 0.15) is 17.4 Å². The van der Waals surface area contributed by atoms with Crippen LogP contribution < -0.4 is 20.7 Å². The normalized spacial score (nSPS) is 16.4. The average molecular weight is 621 g/mol. The molecular weight excluding hydrogens is 576 g/mol. The Hall–Kier alpha value is -3.75. The van der Waals surface area contributed by atoms with E-state index >= 15 is 0 Å². The summed E-state index contributed by atoms with van der Waals surface area (Å²) in [5.41, 5.74) is 0.521. The van der Waals surface area contributed by atoms with Crippen LogP contribution in [-0.2, 0) is 39.9 Å². The summed E-state index contributed by atoms with van der Waals surface area (Å²) in [6, 6.07) is 4.29. The molecule has 3 rings (SSSR count). The Morgan fingerprint density at radius 3 is 2.20 bits per heavy atom. The van der Waals surface area contributed by atoms with Gasteiger partial charge in [-0.05, 0) is 52.2 Å². The molecule has 14 heteroatoms. The van der Waals surface area contributed by atoms with Crippen molar-refractivity contribution < 1.29 is 47.7 Å². The number of carbonyl (C=O) groups excluding carboxylic acids is 5. The van der Waals surface area contributed by atoms with E-state index < -0.39 is 23.6 Å². The van der Waals surface area contributed by atoms with Gasteiger partial charge in [-0.25, -0.2) is 4.79 Å². The van der Waals surface area contributed by atoms with E-state index in [1.165, 1.54) is 4.90 Å². The van der Waals surface area contributed by atoms with Crippen LogP contribution >= 0.6 is 0 Å². The zero-order valence-corrected chi connectivity index (χ0v) is 25.7. The van der Waals surface area contributed by atoms with Crippen LogP contribution in [0.3, 0.4) is 0 Å². The van der Waals surface area contributed by atoms with Gasteiger partial charge in [0.15, 0.2) is 6.61 Å². The molecule has 1 aromatic carbocycles. The van der Waals surface area contributed by atoms with Crippen LogP contribution in [-0.4, -0.2) is 106 Å². The number of amides is 5. The number of hydrogen-bond donors (Lipinski definition) is 3. The van der Waals surface area contributed by atoms with Crippen LogP contribution in [0.1, 0.15) is 62.4 Å². The van der Waals surface area contributed by atoms with Gasteiger partial charge in [0.2, 0.25) is 11.8 Å². The largest absolute Gasteiger partial charge is 0.483 e. The SMILES string of the molecule is CC(C)(C)OC(=O)NCCCOCCOCCOCCCNC(=O)COc1cccc2c1CN(C1CCC(=O)NC1=O)C2=O. The third-order valence-electron chi connectivity index (χ3n) is 6.56. The molecule has 1 aromatic rings. The summed E-state index contributed by atoms with van der Waals surface area (Å²) in [5, 5.41) is 7.72. The molecule has 0 spiro atoms. The highest BCUT2D eigenvalue weighted by atomic mass is 16.6. The van der Waals surface area contributed by atoms with Gasteiger partial charge in [0, 0.05) is 43.9 Å². The number of fused-ring (bicyclic) bond motifs is 1. The second-order valence-electron chi connectivity index (χ2n) is 11.3. The number of piperidine rings is 1. The van der Waals surface area contributed by atoms with Crippen LogP contribution in [0.2, 0.25) is 0 Å². The van der Waals surface area contributed by atoms with E-state index in [9.17, 15) is 24.0 Å². The maximum atomic E-state index is 12.9. The highest BCUT2D eigenvalue weighted by molar-refractivity contribution is 6.05. The lowest BCUT2D eigenvalue weighted by Gasteiger charge is -2.29. The van der Waals surface area contributed by atoms with Crippen LogP contribution in [0, 0.1) is 0 Å². The highest BCUT2D eigenvalue weighted by Crippen LogP contribution is 2.33. The molecule has 2 aliphatic heterocycles. The van der Waals surface area contributed by atoms with E-state index in [1.54, 1.807) is 18.2 Å². The summed E-state index contributed by atoms with van der Waals surface area (Å²) in [7, 11) is 0. The first-order valence-corrected chi connectivity index (χ1v) is 14.9. The molecule has 5 amide bonds. The molecule has 0 aliphatic carbocycles. The molecule has 0 bridgehead atoms. The minimum atomic E-state index is -0.718. The summed E-state index contributed by atoms with van der Waals surface area (Å²) in [4.78, 5) is 61.9. The zero-order valence-electron chi connectivity index (χ0n) is 25.7. The monoisotopic (exact) mass is 620 g/mol. The van der Waals surface area contributed by atoms with Crippen molar-refractivity contribution in [2.75, 3.05) is 59.3 Å². The Morgan fingerprint density at radius 1 is 0.932 bits per heavy atom. The molecule has 244 valence electrons. The van der Waals surface area contributed by atoms with Gasteiger partial charge >= 0.3 is 6.09 Å². The zero-order chi connectivity index (χ0) is 32.0. The predicted octanol–water partition coefficient (Wildman–Crippen LogP) is 1.30. The molecule has 14 nitrogen and oxygen atoms in total. The second kappa shape index (κ2) is 17.5. The molecule has 1 fully saturated rings. The number of carbonyl (C=O) groups is 5. The van der Waals surface area contributed by atoms with Crippen molar-refractivity contribution in [2.45, 2.75) is 64.6 Å². The average Bonchev–Trinajstić information content (AvgIpc) is 3.29. The molecule has 1 atom stereocenters. The summed E-state index contributed by atoms with van der Waals surface area (Å²) in [6.07, 6.45) is 1.29. The maximum Gasteiger partial charge on any atom is 0.407 e. The van der Waals surface area contributed by atoms with Crippen molar-refractivity contribution in [3.8, 4) is 5.75 Å². The summed E-state index contributed by atoms with van der Waals surface area (Å²) >= 11 is 0. The van der Waals surface area contributed by atoms with Gasteiger partial charge < -0.3 is 39.2 Å². The van der Waals surface area contributed by atoms with Crippen molar-refractivity contribution in [1.82, 2.24) is 20.9 Å². The van der Waals surface area contributed by atoms with E-state index in [4.69, 9.17) is 23.7 Å². The van der Waals surface area contributed by atoms with Crippen molar-refractivity contribution in [1.29, 1.82) is 0 Å². The standard InChI is InChI=1S/C30H44N4O10/c1-30(2,3)44-29(39)32-12-6-14-41-16-18-42-17-15-40-13-5-11-31-26(36)20-43-24-8-4-7-21-22(24)19-34(28(21)38)23-9-10-25(35)33-27(23)37/h4,7-8,23H,5-6,9-20H2,1-3H3,(H,31,36)(H,32,39)(H,33,35,37). The first-order valence-electron chi connectivity index (χ1n) is 14.9. The van der Waals surface area contributed by atoms with Gasteiger partial charge in [-0.1, -0.05) is 6.07 Å². The fraction of sp³-hybridized carbons (Fsp3) is 0.633. The number of rotatable bonds is 18. The Balaban J connectivity index is 1.17. The highest BCUT2D eigenvalue weighted by Gasteiger charge is 2.40. The van der Waals surface area contributed by atoms with Crippen LogP contribution in [0.25, 0.3) is 0 Å². The van der Waals surface area contributed by atoms with Crippen LogP contribution in [0.15, 0.2) is 18.2 Å². The van der Waals surface area contributed by atoms with Gasteiger partial charge in [-0.2, -0.15) is 0 Å². The van der Waals surface area contributed by atoms with Gasteiger partial charge in [0.25, 0.3) is 11.8 Å². The lowest BCUT2D eigenvalue weighted by atomic mass is 10.0. The smallest absolute Gasteiger partial charge is 0.407 e. The lowest BCUT2D eigenvalue weighted by molar-refractivity contribution is -0.137. The fourth-order valence-electron chi connectivity index (χ4n) is 4.51. The minimum absolute atomic E-state index is 0.168. The minimum Gasteiger partial charge on any atom is -0.483 e. The summed E-state index contributed by atoms with van der Waals surface area (Å²) < 4.78 is 27.3. The topological polar surface area (TPSA) is 171 Å². The predicted molar refractivity (Wildman–Crippen MR) is 157 cm³/mol. The van der Waals surface area contributed by atoms with Gasteiger partial charge in [0.05, 0.1) is 33.0 Å². The Labute approximate surface area is 257 Å². The molecule has 3 N–H and O–H groups in total. The molecule has 0 saturated carbocycles. The number of benzene rings is 1. The van der Waals surface area contributed by atoms with E-state index in [1.807, 2.05) is 20.8 Å². The number of ether oxygens (including phenoxy) is 5. The van der Waals surface area contributed by atoms with Crippen LogP contribution in [0.5, 0.6) is 5.75 Å². The molecule has 2 heterocycles. The fourth-order valence-corrected chi connectivity index (χ4v) is 4.51. The van der Waals surface area contributed by atoms with Gasteiger partial charge in [-0.15, -0.1) is 0 Å². The molecule has 0 radical (unpaired) electrons. The van der Waals surface area contributed by atoms with Crippen molar-refractivity contribution >= 4 is 29.7 Å². The third-order valence-corrected chi connectivity index (χ3v) is 6.56. The Bertz CT molecular complexity index is 1150. The van der Waals surface area contributed by atoms with Crippen LogP contribution in [0.4, 0.5) is 4.79 Å². The van der Waals surface area contributed by atoms with Crippen molar-refractivity contribution in [3.05, 3.63) is 29.3 Å². The molecule has 0 aromatic heterocycles. The molecule has 1 saturated heterocycles. The quantitative estimate of drug-likeness (QED) is 0.161. The van der Waals surface area contributed by atoms with E-state index in [0.717, 1.165) is 0 Å². The van der Waals surface area contributed by atoms with Crippen molar-refractivity contribution in [3.63, 3.8) is 0 Å². The molecule has 2 aliphatic rings. The maximum absolute atomic E-state index is 12.9. The number of hydrogen-bond acceptors (Lipinski definition) is 10. The van der Waals surface area contributed by atoms with E-state index in [-0.39, 0.29) is 43.7 Å². The molecule has 1 unspecified atom stereocenters. The summed E-state index contributed by atoms with van der Waals surface area (Å²) in [6.45, 7) is 8.95. The van der Waals surface area contributed by atoms with Crippen molar-refractivity contribution in [2.24, 2.45) is 0 Å². The van der Waals surface area contributed by atoms with Gasteiger partial charge in [-0.3, -0.25) is 24.5 Å². The number of imide groups is 1. The summed E-state index contributed by atoms with van der Waals surface area (Å²) in [5.74, 6) is -1.03. The number of nitrogens with one attached hydrogen (secondary N) is 3. The number of alkyl carbamates (subject to hydrolysis) is 1. The number of nitrogens with zero attached hydrogens (tertiary/aromatic N) is 1. The first kappa shape index (κ1) is 34.7. The second-order valence-corrected chi connectivity index (χ2v) is 11.3. The van der Waals surface area contributed by atoms with E-state index in [0.29, 0.717) is 82.4 Å².